The van der Waals surface area contributed by atoms with Crippen molar-refractivity contribution >= 4 is 11.7 Å². The Labute approximate surface area is 155 Å². The first-order valence-corrected chi connectivity index (χ1v) is 8.67. The Balaban J connectivity index is 1.70. The van der Waals surface area contributed by atoms with Crippen LogP contribution in [0.2, 0.25) is 0 Å². The second-order valence-corrected chi connectivity index (χ2v) is 6.93. The first-order chi connectivity index (χ1) is 12.8. The Morgan fingerprint density at radius 3 is 2.70 bits per heavy atom. The molecule has 8 nitrogen and oxygen atoms in total. The molecule has 0 bridgehead atoms. The molecule has 2 aliphatic heterocycles. The van der Waals surface area contributed by atoms with Gasteiger partial charge in [-0.25, -0.2) is 4.98 Å². The molecule has 8 heteroatoms. The van der Waals surface area contributed by atoms with Crippen LogP contribution in [0.4, 0.5) is 0 Å². The molecule has 0 saturated carbocycles. The number of aromatic nitrogens is 1. The third-order valence-corrected chi connectivity index (χ3v) is 4.40. The third kappa shape index (κ3) is 3.33. The number of aliphatic imine (C=N–C) groups is 1. The van der Waals surface area contributed by atoms with E-state index in [4.69, 9.17) is 18.6 Å². The molecule has 1 N–H and O–H groups in total. The molecule has 0 aliphatic carbocycles. The van der Waals surface area contributed by atoms with E-state index in [1.165, 1.54) is 6.92 Å². The van der Waals surface area contributed by atoms with Crippen molar-refractivity contribution in [1.82, 2.24) is 4.98 Å². The fraction of sp³-hybridized carbons (Fsp3) is 0.421. The van der Waals surface area contributed by atoms with Gasteiger partial charge in [-0.15, -0.1) is 0 Å². The van der Waals surface area contributed by atoms with E-state index in [1.54, 1.807) is 13.8 Å². The van der Waals surface area contributed by atoms with Crippen molar-refractivity contribution in [1.29, 1.82) is 0 Å². The molecular formula is C19H20N2O6. The average Bonchev–Trinajstić information content (AvgIpc) is 3.15. The number of ether oxygens (including phenoxy) is 3. The normalized spacial score (nSPS) is 26.3. The fourth-order valence-corrected chi connectivity index (χ4v) is 3.36. The predicted octanol–water partition coefficient (Wildman–Crippen LogP) is 2.30. The number of hydrogen-bond acceptors (Lipinski definition) is 8. The summed E-state index contributed by atoms with van der Waals surface area (Å²) in [6, 6.07) is 9.24. The van der Waals surface area contributed by atoms with Crippen molar-refractivity contribution in [3.8, 4) is 17.4 Å². The number of benzene rings is 1. The number of esters is 1. The van der Waals surface area contributed by atoms with E-state index in [1.807, 2.05) is 30.3 Å². The Kier molecular flexibility index (Phi) is 4.24. The number of oxazole rings is 1. The van der Waals surface area contributed by atoms with Crippen LogP contribution in [0.3, 0.4) is 0 Å². The summed E-state index contributed by atoms with van der Waals surface area (Å²) >= 11 is 0. The van der Waals surface area contributed by atoms with Gasteiger partial charge in [-0.1, -0.05) is 18.2 Å². The maximum Gasteiger partial charge on any atom is 0.312 e. The molecule has 4 rings (SSSR count). The van der Waals surface area contributed by atoms with Crippen molar-refractivity contribution in [2.75, 3.05) is 6.54 Å². The van der Waals surface area contributed by atoms with Gasteiger partial charge in [0.1, 0.15) is 12.2 Å². The summed E-state index contributed by atoms with van der Waals surface area (Å²) in [5.74, 6) is -1.37. The van der Waals surface area contributed by atoms with Crippen molar-refractivity contribution in [2.45, 2.75) is 44.9 Å². The zero-order valence-electron chi connectivity index (χ0n) is 15.2. The van der Waals surface area contributed by atoms with Crippen LogP contribution in [0, 0.1) is 0 Å². The first-order valence-electron chi connectivity index (χ1n) is 8.67. The van der Waals surface area contributed by atoms with E-state index >= 15 is 0 Å². The number of carbonyl (C=O) groups is 1. The van der Waals surface area contributed by atoms with Gasteiger partial charge in [0.2, 0.25) is 5.89 Å². The van der Waals surface area contributed by atoms with Gasteiger partial charge in [-0.2, -0.15) is 0 Å². The van der Waals surface area contributed by atoms with Gasteiger partial charge in [0.05, 0.1) is 12.3 Å². The van der Waals surface area contributed by atoms with Gasteiger partial charge >= 0.3 is 11.9 Å². The summed E-state index contributed by atoms with van der Waals surface area (Å²) in [4.78, 5) is 20.3. The summed E-state index contributed by atoms with van der Waals surface area (Å²) in [6.45, 7) is 5.06. The fourth-order valence-electron chi connectivity index (χ4n) is 3.36. The minimum atomic E-state index is -0.888. The average molecular weight is 372 g/mol. The van der Waals surface area contributed by atoms with Gasteiger partial charge in [-0.3, -0.25) is 9.79 Å². The number of nitrogens with zero attached hydrogens (tertiary/aromatic N) is 2. The standard InChI is InChI=1S/C19H20N2O6/c1-10(22)24-12-9-20-13(16-15(12)26-19(2,3)27-16)14-18(23)25-17(21-14)11-7-5-4-6-8-11/h4-8,12,15-16,23H,9H2,1-3H3/t12-,15+,16-/m1/s1. The molecule has 1 saturated heterocycles. The third-order valence-electron chi connectivity index (χ3n) is 4.40. The molecule has 3 heterocycles. The highest BCUT2D eigenvalue weighted by atomic mass is 16.8. The quantitative estimate of drug-likeness (QED) is 0.825. The molecule has 2 aliphatic rings. The topological polar surface area (TPSA) is 103 Å². The van der Waals surface area contributed by atoms with Crippen LogP contribution >= 0.6 is 0 Å². The van der Waals surface area contributed by atoms with Gasteiger partial charge < -0.3 is 23.7 Å². The highest BCUT2D eigenvalue weighted by Gasteiger charge is 2.52. The highest BCUT2D eigenvalue weighted by molar-refractivity contribution is 6.05. The van der Waals surface area contributed by atoms with E-state index in [0.717, 1.165) is 5.56 Å². The summed E-state index contributed by atoms with van der Waals surface area (Å²) in [6.07, 6.45) is -1.76. The molecule has 1 aromatic heterocycles. The van der Waals surface area contributed by atoms with Crippen LogP contribution in [0.15, 0.2) is 39.7 Å². The Morgan fingerprint density at radius 2 is 2.00 bits per heavy atom. The number of fused-ring (bicyclic) bond motifs is 1. The lowest BCUT2D eigenvalue weighted by Crippen LogP contribution is -2.48. The lowest BCUT2D eigenvalue weighted by Gasteiger charge is -2.29. The van der Waals surface area contributed by atoms with Crippen LogP contribution < -0.4 is 0 Å². The molecule has 2 aromatic rings. The van der Waals surface area contributed by atoms with Crippen molar-refractivity contribution in [3.63, 3.8) is 0 Å². The monoisotopic (exact) mass is 372 g/mol. The van der Waals surface area contributed by atoms with E-state index in [2.05, 4.69) is 9.98 Å². The molecular weight excluding hydrogens is 352 g/mol. The van der Waals surface area contributed by atoms with E-state index in [0.29, 0.717) is 5.71 Å². The van der Waals surface area contributed by atoms with Gasteiger partial charge in [0, 0.05) is 12.5 Å². The number of aromatic hydroxyl groups is 1. The predicted molar refractivity (Wildman–Crippen MR) is 94.4 cm³/mol. The minimum Gasteiger partial charge on any atom is -0.479 e. The molecule has 27 heavy (non-hydrogen) atoms. The molecule has 0 spiro atoms. The molecule has 1 fully saturated rings. The summed E-state index contributed by atoms with van der Waals surface area (Å²) in [5, 5.41) is 10.3. The van der Waals surface area contributed by atoms with E-state index in [9.17, 15) is 9.90 Å². The Bertz CT molecular complexity index is 889. The van der Waals surface area contributed by atoms with Crippen LogP contribution in [0.1, 0.15) is 26.5 Å². The second-order valence-electron chi connectivity index (χ2n) is 6.93. The highest BCUT2D eigenvalue weighted by Crippen LogP contribution is 2.37. The maximum atomic E-state index is 11.4. The van der Waals surface area contributed by atoms with E-state index in [-0.39, 0.29) is 24.1 Å². The number of rotatable bonds is 3. The SMILES string of the molecule is CC(=O)O[C@@H]1CN=C(c2nc(-c3ccccc3)oc2O)[C@H]2OC(C)(C)O[C@H]21. The smallest absolute Gasteiger partial charge is 0.312 e. The number of carbonyl (C=O) groups excluding carboxylic acids is 1. The van der Waals surface area contributed by atoms with Crippen molar-refractivity contribution in [3.05, 3.63) is 36.0 Å². The van der Waals surface area contributed by atoms with Gasteiger partial charge in [0.15, 0.2) is 17.6 Å². The van der Waals surface area contributed by atoms with Gasteiger partial charge in [0.25, 0.3) is 0 Å². The Hall–Kier alpha value is -2.71. The zero-order chi connectivity index (χ0) is 19.2. The summed E-state index contributed by atoms with van der Waals surface area (Å²) in [5.41, 5.74) is 1.34. The van der Waals surface area contributed by atoms with Crippen LogP contribution in [0.25, 0.3) is 11.5 Å². The minimum absolute atomic E-state index is 0.183. The van der Waals surface area contributed by atoms with Gasteiger partial charge in [-0.05, 0) is 26.0 Å². The maximum absolute atomic E-state index is 11.4. The molecule has 142 valence electrons. The summed E-state index contributed by atoms with van der Waals surface area (Å²) in [7, 11) is 0. The molecule has 3 atom stereocenters. The zero-order valence-corrected chi connectivity index (χ0v) is 15.2. The molecule has 0 amide bonds. The Morgan fingerprint density at radius 1 is 1.26 bits per heavy atom. The first kappa shape index (κ1) is 17.7. The number of hydrogen-bond donors (Lipinski definition) is 1. The molecule has 1 aromatic carbocycles. The molecule has 0 radical (unpaired) electrons. The van der Waals surface area contributed by atoms with Crippen LogP contribution in [-0.4, -0.2) is 52.4 Å². The van der Waals surface area contributed by atoms with Crippen LogP contribution in [0.5, 0.6) is 5.95 Å². The molecule has 0 unspecified atom stereocenters. The lowest BCUT2D eigenvalue weighted by molar-refractivity contribution is -0.167. The largest absolute Gasteiger partial charge is 0.479 e. The van der Waals surface area contributed by atoms with Crippen molar-refractivity contribution in [2.24, 2.45) is 4.99 Å². The lowest BCUT2D eigenvalue weighted by atomic mass is 9.98. The van der Waals surface area contributed by atoms with E-state index < -0.39 is 30.1 Å². The second kappa shape index (κ2) is 6.47. The van der Waals surface area contributed by atoms with Crippen molar-refractivity contribution < 1.29 is 28.5 Å². The summed E-state index contributed by atoms with van der Waals surface area (Å²) < 4.78 is 22.7. The van der Waals surface area contributed by atoms with Crippen LogP contribution in [-0.2, 0) is 19.0 Å².